The first-order valence-electron chi connectivity index (χ1n) is 23.4. The highest BCUT2D eigenvalue weighted by Gasteiger charge is 2.46. The predicted octanol–water partition coefficient (Wildman–Crippen LogP) is 15.9. The molecule has 0 saturated heterocycles. The first-order valence-corrected chi connectivity index (χ1v) is 23.4. The average Bonchev–Trinajstić information content (AvgIpc) is 4.06. The summed E-state index contributed by atoms with van der Waals surface area (Å²) in [5.41, 5.74) is 16.8. The van der Waals surface area contributed by atoms with E-state index >= 15 is 0 Å². The number of furan rings is 1. The molecule has 3 aromatic heterocycles. The lowest BCUT2D eigenvalue weighted by molar-refractivity contribution is 0.669. The molecule has 322 valence electrons. The van der Waals surface area contributed by atoms with E-state index in [-0.39, 0.29) is 0 Å². The second-order valence-corrected chi connectivity index (χ2v) is 17.9. The number of hydrogen-bond acceptors (Lipinski definition) is 4. The van der Waals surface area contributed by atoms with Gasteiger partial charge in [-0.3, -0.25) is 0 Å². The Morgan fingerprint density at radius 2 is 0.855 bits per heavy atom. The maximum absolute atomic E-state index is 6.57. The van der Waals surface area contributed by atoms with Crippen molar-refractivity contribution in [2.24, 2.45) is 0 Å². The Labute approximate surface area is 398 Å². The van der Waals surface area contributed by atoms with Crippen LogP contribution in [-0.4, -0.2) is 19.5 Å². The molecule has 0 aliphatic heterocycles. The topological polar surface area (TPSA) is 56.7 Å². The van der Waals surface area contributed by atoms with Gasteiger partial charge in [0.05, 0.1) is 16.4 Å². The summed E-state index contributed by atoms with van der Waals surface area (Å²) in [4.78, 5) is 15.5. The zero-order chi connectivity index (χ0) is 45.5. The monoisotopic (exact) mass is 880 g/mol. The van der Waals surface area contributed by atoms with Gasteiger partial charge in [-0.1, -0.05) is 188 Å². The molecule has 0 radical (unpaired) electrons. The Bertz CT molecular complexity index is 4080. The summed E-state index contributed by atoms with van der Waals surface area (Å²) in [6, 6.07) is 86.5. The van der Waals surface area contributed by atoms with E-state index in [1.807, 2.05) is 36.4 Å². The molecule has 14 rings (SSSR count). The van der Waals surface area contributed by atoms with E-state index in [0.717, 1.165) is 66.5 Å². The van der Waals surface area contributed by atoms with Gasteiger partial charge in [-0.25, -0.2) is 15.0 Å². The Morgan fingerprint density at radius 1 is 0.319 bits per heavy atom. The maximum Gasteiger partial charge on any atom is 0.164 e. The van der Waals surface area contributed by atoms with Crippen LogP contribution in [0.3, 0.4) is 0 Å². The highest BCUT2D eigenvalue weighted by Crippen LogP contribution is 2.57. The van der Waals surface area contributed by atoms with Crippen molar-refractivity contribution in [2.75, 3.05) is 0 Å². The highest BCUT2D eigenvalue weighted by molar-refractivity contribution is 6.12. The largest absolute Gasteiger partial charge is 0.456 e. The van der Waals surface area contributed by atoms with Gasteiger partial charge in [-0.15, -0.1) is 0 Å². The molecule has 0 spiro atoms. The lowest BCUT2D eigenvalue weighted by Crippen LogP contribution is -2.28. The first kappa shape index (κ1) is 39.0. The van der Waals surface area contributed by atoms with Crippen LogP contribution < -0.4 is 0 Å². The standard InChI is InChI=1S/C64H40N4O/c1-5-18-41(19-6-1)43-32-34-51-52-35-33-45(38-60(52)69-59(51)37-43)63-66-61(42-20-7-2-8-21-42)65-62(67-63)44-22-17-27-48(36-44)68-57-31-16-14-29-50(57)54-39-53-49-28-13-15-30-55(49)64(56(53)40-58(54)68,46-23-9-3-10-24-46)47-25-11-4-12-26-47/h1-40H. The minimum Gasteiger partial charge on any atom is -0.456 e. The minimum absolute atomic E-state index is 0.530. The van der Waals surface area contributed by atoms with E-state index in [1.165, 1.54) is 44.2 Å². The van der Waals surface area contributed by atoms with Gasteiger partial charge in [0.1, 0.15) is 11.2 Å². The molecule has 3 heterocycles. The number of rotatable bonds is 7. The zero-order valence-corrected chi connectivity index (χ0v) is 37.3. The van der Waals surface area contributed by atoms with Crippen molar-refractivity contribution in [1.82, 2.24) is 19.5 Å². The van der Waals surface area contributed by atoms with Crippen molar-refractivity contribution in [3.8, 4) is 62.1 Å². The quantitative estimate of drug-likeness (QED) is 0.160. The molecule has 0 saturated carbocycles. The summed E-state index contributed by atoms with van der Waals surface area (Å²) in [6.45, 7) is 0. The molecule has 5 heteroatoms. The summed E-state index contributed by atoms with van der Waals surface area (Å²) in [6.07, 6.45) is 0. The molecule has 1 aliphatic carbocycles. The molecule has 5 nitrogen and oxygen atoms in total. The molecule has 10 aromatic carbocycles. The van der Waals surface area contributed by atoms with Crippen molar-refractivity contribution in [3.05, 3.63) is 265 Å². The highest BCUT2D eigenvalue weighted by atomic mass is 16.3. The first-order chi connectivity index (χ1) is 34.2. The van der Waals surface area contributed by atoms with Crippen molar-refractivity contribution in [2.45, 2.75) is 5.41 Å². The number of para-hydroxylation sites is 1. The average molecular weight is 881 g/mol. The van der Waals surface area contributed by atoms with E-state index in [0.29, 0.717) is 17.5 Å². The summed E-state index contributed by atoms with van der Waals surface area (Å²) in [7, 11) is 0. The molecule has 0 amide bonds. The normalized spacial score (nSPS) is 12.8. The Balaban J connectivity index is 0.948. The maximum atomic E-state index is 6.57. The number of hydrogen-bond donors (Lipinski definition) is 0. The number of benzene rings is 10. The van der Waals surface area contributed by atoms with E-state index < -0.39 is 5.41 Å². The molecule has 13 aromatic rings. The van der Waals surface area contributed by atoms with E-state index in [2.05, 4.69) is 211 Å². The van der Waals surface area contributed by atoms with Gasteiger partial charge in [-0.05, 0) is 99.1 Å². The third-order valence-electron chi connectivity index (χ3n) is 14.1. The molecule has 0 unspecified atom stereocenters. The number of aromatic nitrogens is 4. The SMILES string of the molecule is c1ccc(-c2ccc3c(c2)oc2cc(-c4nc(-c5ccccc5)nc(-c5cccc(-n6c7ccccc7c7cc8c(cc76)C(c6ccccc6)(c6ccccc6)c6ccccc6-8)c5)n4)ccc23)cc1. The fourth-order valence-electron chi connectivity index (χ4n) is 11.0. The van der Waals surface area contributed by atoms with Crippen LogP contribution in [0.4, 0.5) is 0 Å². The third-order valence-corrected chi connectivity index (χ3v) is 14.1. The summed E-state index contributed by atoms with van der Waals surface area (Å²) in [5, 5.41) is 4.51. The lowest BCUT2D eigenvalue weighted by Gasteiger charge is -2.34. The summed E-state index contributed by atoms with van der Waals surface area (Å²) in [5.74, 6) is 1.76. The summed E-state index contributed by atoms with van der Waals surface area (Å²) >= 11 is 0. The molecule has 69 heavy (non-hydrogen) atoms. The van der Waals surface area contributed by atoms with Crippen molar-refractivity contribution in [1.29, 1.82) is 0 Å². The van der Waals surface area contributed by atoms with Crippen LogP contribution in [-0.2, 0) is 5.41 Å². The van der Waals surface area contributed by atoms with Gasteiger partial charge in [0.25, 0.3) is 0 Å². The molecule has 0 fully saturated rings. The van der Waals surface area contributed by atoms with Crippen LogP contribution in [0, 0.1) is 0 Å². The van der Waals surface area contributed by atoms with Crippen molar-refractivity contribution in [3.63, 3.8) is 0 Å². The molecule has 0 bridgehead atoms. The lowest BCUT2D eigenvalue weighted by atomic mass is 9.67. The fourth-order valence-corrected chi connectivity index (χ4v) is 11.0. The van der Waals surface area contributed by atoms with E-state index in [1.54, 1.807) is 0 Å². The summed E-state index contributed by atoms with van der Waals surface area (Å²) < 4.78 is 8.98. The second kappa shape index (κ2) is 15.4. The molecule has 0 atom stereocenters. The van der Waals surface area contributed by atoms with Gasteiger partial charge in [0.15, 0.2) is 17.5 Å². The van der Waals surface area contributed by atoms with Gasteiger partial charge >= 0.3 is 0 Å². The van der Waals surface area contributed by atoms with Crippen molar-refractivity contribution < 1.29 is 4.42 Å². The zero-order valence-electron chi connectivity index (χ0n) is 37.3. The fraction of sp³-hybridized carbons (Fsp3) is 0.0156. The van der Waals surface area contributed by atoms with E-state index in [9.17, 15) is 0 Å². The molecular weight excluding hydrogens is 841 g/mol. The van der Waals surface area contributed by atoms with Crippen LogP contribution in [0.25, 0.3) is 106 Å². The van der Waals surface area contributed by atoms with Gasteiger partial charge in [0.2, 0.25) is 0 Å². The number of fused-ring (bicyclic) bond motifs is 9. The second-order valence-electron chi connectivity index (χ2n) is 17.9. The third kappa shape index (κ3) is 6.07. The number of nitrogens with zero attached hydrogens (tertiary/aromatic N) is 4. The Kier molecular flexibility index (Phi) is 8.73. The molecule has 1 aliphatic rings. The predicted molar refractivity (Wildman–Crippen MR) is 280 cm³/mol. The Hall–Kier alpha value is -9.19. The smallest absolute Gasteiger partial charge is 0.164 e. The van der Waals surface area contributed by atoms with Crippen molar-refractivity contribution >= 4 is 43.7 Å². The van der Waals surface area contributed by atoms with Crippen LogP contribution in [0.2, 0.25) is 0 Å². The minimum atomic E-state index is -0.530. The Morgan fingerprint density at radius 3 is 1.55 bits per heavy atom. The van der Waals surface area contributed by atoms with Crippen LogP contribution in [0.5, 0.6) is 0 Å². The van der Waals surface area contributed by atoms with Crippen LogP contribution in [0.15, 0.2) is 247 Å². The molecule has 0 N–H and O–H groups in total. The van der Waals surface area contributed by atoms with E-state index in [4.69, 9.17) is 19.4 Å². The van der Waals surface area contributed by atoms with Gasteiger partial charge in [0, 0.05) is 43.9 Å². The van der Waals surface area contributed by atoms with Crippen LogP contribution >= 0.6 is 0 Å². The van der Waals surface area contributed by atoms with Gasteiger partial charge < -0.3 is 8.98 Å². The van der Waals surface area contributed by atoms with Gasteiger partial charge in [-0.2, -0.15) is 0 Å². The molecular formula is C64H40N4O. The van der Waals surface area contributed by atoms with Crippen LogP contribution in [0.1, 0.15) is 22.3 Å².